The first-order valence-corrected chi connectivity index (χ1v) is 17.9. The second kappa shape index (κ2) is 42.7. The molecule has 0 aliphatic carbocycles. The van der Waals surface area contributed by atoms with Crippen LogP contribution in [0.5, 0.6) is 0 Å². The van der Waals surface area contributed by atoms with Crippen LogP contribution < -0.4 is 0 Å². The molecule has 14 nitrogen and oxygen atoms in total. The summed E-state index contributed by atoms with van der Waals surface area (Å²) < 4.78 is 70.8. The molecule has 0 N–H and O–H groups in total. The molecule has 0 aromatic heterocycles. The van der Waals surface area contributed by atoms with E-state index in [9.17, 15) is 4.79 Å². The van der Waals surface area contributed by atoms with E-state index in [0.717, 1.165) is 13.0 Å². The molecule has 0 aromatic carbocycles. The normalized spacial score (nSPS) is 11.4. The van der Waals surface area contributed by atoms with Gasteiger partial charge < -0.3 is 61.6 Å². The summed E-state index contributed by atoms with van der Waals surface area (Å²) >= 11 is 2.42. The van der Waals surface area contributed by atoms with E-state index in [2.05, 4.69) is 27.3 Å². The monoisotopic (exact) mass is 784 g/mol. The number of hydrogen-bond acceptors (Lipinski definition) is 14. The summed E-state index contributed by atoms with van der Waals surface area (Å²) in [5, 5.41) is 0. The summed E-state index contributed by atoms with van der Waals surface area (Å²) in [6.45, 7) is 11.8. The maximum Gasteiger partial charge on any atom is 0.331 e. The summed E-state index contributed by atoms with van der Waals surface area (Å²) in [5.41, 5.74) is 0. The van der Waals surface area contributed by atoms with Crippen molar-refractivity contribution in [3.63, 3.8) is 0 Å². The molecule has 46 heavy (non-hydrogen) atoms. The van der Waals surface area contributed by atoms with E-state index >= 15 is 0 Å². The Labute approximate surface area is 290 Å². The SMILES string of the molecule is COC(=O)COCCOCCOCCOCCOCCOCCOCCOCCOCCOCCOCCOCCCCCCI. The van der Waals surface area contributed by atoms with Crippen molar-refractivity contribution in [1.82, 2.24) is 0 Å². The van der Waals surface area contributed by atoms with Gasteiger partial charge in [0.1, 0.15) is 6.61 Å². The highest BCUT2D eigenvalue weighted by molar-refractivity contribution is 14.1. The third kappa shape index (κ3) is 41.7. The van der Waals surface area contributed by atoms with Crippen molar-refractivity contribution in [1.29, 1.82) is 0 Å². The third-order valence-corrected chi connectivity index (χ3v) is 6.47. The molecule has 0 saturated carbocycles. The lowest BCUT2D eigenvalue weighted by Gasteiger charge is -2.09. The highest BCUT2D eigenvalue weighted by atomic mass is 127. The zero-order valence-electron chi connectivity index (χ0n) is 28.1. The molecule has 0 spiro atoms. The minimum absolute atomic E-state index is 0.0692. The van der Waals surface area contributed by atoms with Crippen LogP contribution in [0.3, 0.4) is 0 Å². The van der Waals surface area contributed by atoms with Gasteiger partial charge in [0.2, 0.25) is 0 Å². The highest BCUT2D eigenvalue weighted by Crippen LogP contribution is 2.02. The first-order valence-electron chi connectivity index (χ1n) is 16.4. The summed E-state index contributed by atoms with van der Waals surface area (Å²) in [5.74, 6) is -0.406. The molecule has 0 aromatic rings. The van der Waals surface area contributed by atoms with Gasteiger partial charge in [0, 0.05) is 6.61 Å². The highest BCUT2D eigenvalue weighted by Gasteiger charge is 1.99. The largest absolute Gasteiger partial charge is 0.467 e. The molecule has 15 heteroatoms. The lowest BCUT2D eigenvalue weighted by atomic mass is 10.2. The molecule has 0 aliphatic heterocycles. The zero-order chi connectivity index (χ0) is 33.3. The van der Waals surface area contributed by atoms with E-state index in [-0.39, 0.29) is 6.61 Å². The minimum Gasteiger partial charge on any atom is -0.467 e. The van der Waals surface area contributed by atoms with Crippen molar-refractivity contribution in [3.8, 4) is 0 Å². The Hall–Kier alpha value is -0.280. The average molecular weight is 785 g/mol. The van der Waals surface area contributed by atoms with Crippen molar-refractivity contribution in [3.05, 3.63) is 0 Å². The molecule has 0 fully saturated rings. The number of ether oxygens (including phenoxy) is 13. The van der Waals surface area contributed by atoms with Gasteiger partial charge in [0.05, 0.1) is 152 Å². The van der Waals surface area contributed by atoms with Crippen LogP contribution in [-0.4, -0.2) is 176 Å². The maximum absolute atomic E-state index is 10.9. The van der Waals surface area contributed by atoms with E-state index in [1.807, 2.05) is 0 Å². The van der Waals surface area contributed by atoms with Gasteiger partial charge in [-0.3, -0.25) is 0 Å². The van der Waals surface area contributed by atoms with E-state index in [1.54, 1.807) is 0 Å². The van der Waals surface area contributed by atoms with Crippen LogP contribution in [0.1, 0.15) is 25.7 Å². The van der Waals surface area contributed by atoms with Crippen molar-refractivity contribution in [2.45, 2.75) is 25.7 Å². The van der Waals surface area contributed by atoms with Crippen LogP contribution in [0.2, 0.25) is 0 Å². The Balaban J connectivity index is 3.05. The van der Waals surface area contributed by atoms with Crippen molar-refractivity contribution in [2.24, 2.45) is 0 Å². The van der Waals surface area contributed by atoms with Crippen LogP contribution in [-0.2, 0) is 66.4 Å². The van der Waals surface area contributed by atoms with Gasteiger partial charge in [0.25, 0.3) is 0 Å². The molecule has 0 atom stereocenters. The molecule has 0 radical (unpaired) electrons. The molecular weight excluding hydrogens is 723 g/mol. The zero-order valence-corrected chi connectivity index (χ0v) is 30.3. The van der Waals surface area contributed by atoms with Gasteiger partial charge in [-0.2, -0.15) is 0 Å². The van der Waals surface area contributed by atoms with Crippen LogP contribution in [0.4, 0.5) is 0 Å². The van der Waals surface area contributed by atoms with Gasteiger partial charge in [-0.1, -0.05) is 35.4 Å². The topological polar surface area (TPSA) is 137 Å². The predicted molar refractivity (Wildman–Crippen MR) is 179 cm³/mol. The van der Waals surface area contributed by atoms with Gasteiger partial charge in [-0.15, -0.1) is 0 Å². The molecule has 276 valence electrons. The smallest absolute Gasteiger partial charge is 0.331 e. The van der Waals surface area contributed by atoms with Crippen molar-refractivity contribution in [2.75, 3.05) is 170 Å². The van der Waals surface area contributed by atoms with E-state index < -0.39 is 5.97 Å². The minimum atomic E-state index is -0.406. The van der Waals surface area contributed by atoms with Gasteiger partial charge in [0.15, 0.2) is 0 Å². The first kappa shape index (κ1) is 45.7. The molecule has 0 heterocycles. The average Bonchev–Trinajstić information content (AvgIpc) is 3.07. The fourth-order valence-corrected chi connectivity index (χ4v) is 3.83. The molecule has 0 amide bonds. The molecule has 0 unspecified atom stereocenters. The van der Waals surface area contributed by atoms with Crippen LogP contribution in [0.25, 0.3) is 0 Å². The molecule has 0 rings (SSSR count). The fraction of sp³-hybridized carbons (Fsp3) is 0.968. The Bertz CT molecular complexity index is 579. The van der Waals surface area contributed by atoms with Crippen molar-refractivity contribution < 1.29 is 66.4 Å². The lowest BCUT2D eigenvalue weighted by Crippen LogP contribution is -2.16. The number of esters is 1. The molecular formula is C31H61IO14. The molecule has 0 aliphatic rings. The number of halogens is 1. The predicted octanol–water partition coefficient (Wildman–Crippen LogP) is 2.35. The quantitative estimate of drug-likeness (QED) is 0.0389. The van der Waals surface area contributed by atoms with Gasteiger partial charge in [-0.05, 0) is 17.3 Å². The standard InChI is InChI=1S/C31H61IO14/c1-34-31(33)30-46-29-28-45-27-26-44-25-24-43-23-22-42-21-20-41-19-18-40-17-16-39-15-14-38-13-12-37-11-10-36-9-8-35-7-5-3-2-4-6-32/h2-30H2,1H3. The Morgan fingerprint density at radius 1 is 0.348 bits per heavy atom. The van der Waals surface area contributed by atoms with E-state index in [4.69, 9.17) is 56.8 Å². The van der Waals surface area contributed by atoms with E-state index in [0.29, 0.717) is 145 Å². The Kier molecular flexibility index (Phi) is 42.5. The van der Waals surface area contributed by atoms with Crippen LogP contribution in [0, 0.1) is 0 Å². The lowest BCUT2D eigenvalue weighted by molar-refractivity contribution is -0.146. The second-order valence-electron chi connectivity index (χ2n) is 9.47. The van der Waals surface area contributed by atoms with Crippen molar-refractivity contribution >= 4 is 28.6 Å². The number of rotatable bonds is 41. The number of carbonyl (C=O) groups excluding carboxylic acids is 1. The summed E-state index contributed by atoms with van der Waals surface area (Å²) in [6, 6.07) is 0. The second-order valence-corrected chi connectivity index (χ2v) is 10.5. The molecule has 0 saturated heterocycles. The summed E-state index contributed by atoms with van der Waals surface area (Å²) in [7, 11) is 1.32. The number of carbonyl (C=O) groups is 1. The van der Waals surface area contributed by atoms with Crippen LogP contribution >= 0.6 is 22.6 Å². The number of methoxy groups -OCH3 is 1. The number of hydrogen-bond donors (Lipinski definition) is 0. The van der Waals surface area contributed by atoms with E-state index in [1.165, 1.54) is 30.8 Å². The van der Waals surface area contributed by atoms with Gasteiger partial charge >= 0.3 is 5.97 Å². The third-order valence-electron chi connectivity index (χ3n) is 5.71. The maximum atomic E-state index is 10.9. The Morgan fingerprint density at radius 3 is 0.848 bits per heavy atom. The molecule has 0 bridgehead atoms. The summed E-state index contributed by atoms with van der Waals surface area (Å²) in [6.07, 6.45) is 4.97. The number of unbranched alkanes of at least 4 members (excludes halogenated alkanes) is 3. The number of alkyl halides is 1. The van der Waals surface area contributed by atoms with Crippen LogP contribution in [0.15, 0.2) is 0 Å². The fourth-order valence-electron chi connectivity index (χ4n) is 3.29. The Morgan fingerprint density at radius 2 is 0.587 bits per heavy atom. The van der Waals surface area contributed by atoms with Gasteiger partial charge in [-0.25, -0.2) is 4.79 Å². The summed E-state index contributed by atoms with van der Waals surface area (Å²) in [4.78, 5) is 10.9. The first-order chi connectivity index (χ1) is 22.8.